The van der Waals surface area contributed by atoms with E-state index >= 15 is 0 Å². The molecule has 1 saturated heterocycles. The Bertz CT molecular complexity index is 477. The van der Waals surface area contributed by atoms with E-state index < -0.39 is 0 Å². The number of aryl methyl sites for hydroxylation is 2. The summed E-state index contributed by atoms with van der Waals surface area (Å²) in [6.45, 7) is 8.35. The Kier molecular flexibility index (Phi) is 2.45. The van der Waals surface area contributed by atoms with Crippen molar-refractivity contribution in [1.29, 1.82) is 0 Å². The van der Waals surface area contributed by atoms with Crippen LogP contribution in [0.15, 0.2) is 0 Å². The number of rotatable bonds is 1. The van der Waals surface area contributed by atoms with E-state index in [1.165, 1.54) is 17.7 Å². The van der Waals surface area contributed by atoms with E-state index in [2.05, 4.69) is 32.8 Å². The summed E-state index contributed by atoms with van der Waals surface area (Å²) in [6.07, 6.45) is 3.39. The fraction of sp³-hybridized carbons (Fsp3) is 0.769. The monoisotopic (exact) mass is 248 g/mol. The molecule has 0 bridgehead atoms. The fourth-order valence-electron chi connectivity index (χ4n) is 2.79. The first-order chi connectivity index (χ1) is 8.32. The van der Waals surface area contributed by atoms with Crippen LogP contribution in [-0.4, -0.2) is 28.1 Å². The first kappa shape index (κ1) is 12.2. The first-order valence-electron chi connectivity index (χ1n) is 6.72. The normalized spacial score (nSPS) is 24.6. The molecule has 0 saturated carbocycles. The fourth-order valence-corrected chi connectivity index (χ4v) is 2.79. The average Bonchev–Trinajstić information content (AvgIpc) is 2.79. The summed E-state index contributed by atoms with van der Waals surface area (Å²) in [5.41, 5.74) is 3.11. The van der Waals surface area contributed by atoms with Crippen molar-refractivity contribution in [3.63, 3.8) is 0 Å². The minimum atomic E-state index is -0.284. The molecule has 3 rings (SSSR count). The third-order valence-corrected chi connectivity index (χ3v) is 4.59. The molecule has 2 aliphatic rings. The summed E-state index contributed by atoms with van der Waals surface area (Å²) in [5.74, 6) is 0. The van der Waals surface area contributed by atoms with E-state index in [-0.39, 0.29) is 18.3 Å². The van der Waals surface area contributed by atoms with Gasteiger partial charge in [0.15, 0.2) is 0 Å². The highest BCUT2D eigenvalue weighted by molar-refractivity contribution is 6.61. The van der Waals surface area contributed by atoms with Crippen LogP contribution in [0.4, 0.5) is 0 Å². The zero-order valence-electron chi connectivity index (χ0n) is 11.9. The Labute approximate surface area is 109 Å². The zero-order valence-corrected chi connectivity index (χ0v) is 11.9. The van der Waals surface area contributed by atoms with Crippen LogP contribution in [0.2, 0.25) is 0 Å². The van der Waals surface area contributed by atoms with Gasteiger partial charge < -0.3 is 9.31 Å². The highest BCUT2D eigenvalue weighted by Crippen LogP contribution is 2.37. The predicted molar refractivity (Wildman–Crippen MR) is 70.9 cm³/mol. The van der Waals surface area contributed by atoms with E-state index in [0.29, 0.717) is 0 Å². The summed E-state index contributed by atoms with van der Waals surface area (Å²) in [7, 11) is 1.70. The minimum absolute atomic E-state index is 0.283. The number of hydrogen-bond acceptors (Lipinski definition) is 3. The highest BCUT2D eigenvalue weighted by Gasteiger charge is 2.53. The van der Waals surface area contributed by atoms with Gasteiger partial charge in [-0.2, -0.15) is 5.10 Å². The van der Waals surface area contributed by atoms with Gasteiger partial charge in [-0.1, -0.05) is 0 Å². The van der Waals surface area contributed by atoms with Crippen molar-refractivity contribution in [3.8, 4) is 0 Å². The van der Waals surface area contributed by atoms with Gasteiger partial charge in [-0.25, -0.2) is 0 Å². The van der Waals surface area contributed by atoms with E-state index in [1.807, 2.05) is 11.7 Å². The van der Waals surface area contributed by atoms with Crippen LogP contribution in [0.5, 0.6) is 0 Å². The molecule has 98 valence electrons. The highest BCUT2D eigenvalue weighted by atomic mass is 16.7. The lowest BCUT2D eigenvalue weighted by atomic mass is 9.81. The van der Waals surface area contributed by atoms with Crippen LogP contribution in [0.3, 0.4) is 0 Å². The Hall–Kier alpha value is -0.805. The zero-order chi connectivity index (χ0) is 13.1. The average molecular weight is 248 g/mol. The summed E-state index contributed by atoms with van der Waals surface area (Å²) in [5, 5.41) is 4.59. The molecule has 1 fully saturated rings. The van der Waals surface area contributed by atoms with Crippen molar-refractivity contribution in [2.45, 2.75) is 58.2 Å². The Balaban J connectivity index is 1.99. The van der Waals surface area contributed by atoms with Crippen molar-refractivity contribution in [2.75, 3.05) is 0 Å². The van der Waals surface area contributed by atoms with Crippen LogP contribution < -0.4 is 5.59 Å². The Morgan fingerprint density at radius 1 is 1.11 bits per heavy atom. The van der Waals surface area contributed by atoms with Crippen LogP contribution in [0, 0.1) is 0 Å². The van der Waals surface area contributed by atoms with Crippen LogP contribution in [-0.2, 0) is 29.2 Å². The van der Waals surface area contributed by atoms with Gasteiger partial charge in [0.1, 0.15) is 0 Å². The van der Waals surface area contributed by atoms with E-state index in [4.69, 9.17) is 9.31 Å². The van der Waals surface area contributed by atoms with Gasteiger partial charge in [-0.3, -0.25) is 4.68 Å². The van der Waals surface area contributed by atoms with Gasteiger partial charge in [-0.15, -0.1) is 0 Å². The second kappa shape index (κ2) is 3.61. The Morgan fingerprint density at radius 3 is 2.33 bits per heavy atom. The SMILES string of the molecule is Cn1nc2c(c1B1OC(C)(C)C(C)(C)O1)CCC2. The maximum Gasteiger partial charge on any atom is 0.514 e. The molecule has 0 N–H and O–H groups in total. The molecule has 1 aromatic heterocycles. The van der Waals surface area contributed by atoms with Gasteiger partial charge in [0, 0.05) is 7.05 Å². The summed E-state index contributed by atoms with van der Waals surface area (Å²) in [6, 6.07) is 0. The van der Waals surface area contributed by atoms with Crippen molar-refractivity contribution in [2.24, 2.45) is 7.05 Å². The van der Waals surface area contributed by atoms with E-state index in [1.54, 1.807) is 0 Å². The van der Waals surface area contributed by atoms with Gasteiger partial charge in [-0.05, 0) is 52.5 Å². The molecule has 0 aromatic carbocycles. The molecule has 1 aromatic rings. The van der Waals surface area contributed by atoms with E-state index in [0.717, 1.165) is 18.4 Å². The van der Waals surface area contributed by atoms with E-state index in [9.17, 15) is 0 Å². The second-order valence-corrected chi connectivity index (χ2v) is 6.38. The summed E-state index contributed by atoms with van der Waals surface area (Å²) >= 11 is 0. The van der Waals surface area contributed by atoms with Crippen molar-refractivity contribution >= 4 is 12.7 Å². The minimum Gasteiger partial charge on any atom is -0.398 e. The molecule has 2 heterocycles. The molecule has 0 unspecified atom stereocenters. The maximum absolute atomic E-state index is 6.13. The first-order valence-corrected chi connectivity index (χ1v) is 6.72. The Morgan fingerprint density at radius 2 is 1.72 bits per heavy atom. The molecule has 0 atom stereocenters. The molecule has 1 aliphatic carbocycles. The van der Waals surface area contributed by atoms with Crippen molar-refractivity contribution in [1.82, 2.24) is 9.78 Å². The molecule has 4 nitrogen and oxygen atoms in total. The molecule has 1 aliphatic heterocycles. The number of hydrogen-bond donors (Lipinski definition) is 0. The molecular formula is C13H21BN2O2. The molecular weight excluding hydrogens is 227 g/mol. The quantitative estimate of drug-likeness (QED) is 0.701. The smallest absolute Gasteiger partial charge is 0.398 e. The van der Waals surface area contributed by atoms with Crippen LogP contribution in [0.1, 0.15) is 45.4 Å². The number of nitrogens with zero attached hydrogens (tertiary/aromatic N) is 2. The van der Waals surface area contributed by atoms with Gasteiger partial charge in [0.05, 0.1) is 22.5 Å². The largest absolute Gasteiger partial charge is 0.514 e. The third kappa shape index (κ3) is 1.57. The maximum atomic E-state index is 6.13. The second-order valence-electron chi connectivity index (χ2n) is 6.38. The lowest BCUT2D eigenvalue weighted by molar-refractivity contribution is 0.00578. The molecule has 0 spiro atoms. The third-order valence-electron chi connectivity index (χ3n) is 4.59. The van der Waals surface area contributed by atoms with Crippen molar-refractivity contribution < 1.29 is 9.31 Å². The standard InChI is InChI=1S/C13H21BN2O2/c1-12(2)13(3,4)18-14(17-12)11-9-7-6-8-10(9)15-16(11)5/h6-8H2,1-5H3. The van der Waals surface area contributed by atoms with Gasteiger partial charge in [0.2, 0.25) is 0 Å². The summed E-state index contributed by atoms with van der Waals surface area (Å²) in [4.78, 5) is 0. The van der Waals surface area contributed by atoms with Gasteiger partial charge >= 0.3 is 7.12 Å². The predicted octanol–water partition coefficient (Wildman–Crippen LogP) is 1.21. The molecule has 5 heteroatoms. The van der Waals surface area contributed by atoms with Crippen LogP contribution in [0.25, 0.3) is 0 Å². The molecule has 18 heavy (non-hydrogen) atoms. The van der Waals surface area contributed by atoms with Crippen molar-refractivity contribution in [3.05, 3.63) is 11.3 Å². The number of fused-ring (bicyclic) bond motifs is 1. The van der Waals surface area contributed by atoms with Crippen LogP contribution >= 0.6 is 0 Å². The molecule has 0 amide bonds. The topological polar surface area (TPSA) is 36.3 Å². The van der Waals surface area contributed by atoms with Gasteiger partial charge in [0.25, 0.3) is 0 Å². The molecule has 0 radical (unpaired) electrons. The lowest BCUT2D eigenvalue weighted by Gasteiger charge is -2.32. The lowest BCUT2D eigenvalue weighted by Crippen LogP contribution is -2.41. The number of aromatic nitrogens is 2. The summed E-state index contributed by atoms with van der Waals surface area (Å²) < 4.78 is 14.2.